The first-order chi connectivity index (χ1) is 9.49. The zero-order chi connectivity index (χ0) is 14.4. The van der Waals surface area contributed by atoms with Gasteiger partial charge in [-0.3, -0.25) is 0 Å². The molecule has 0 radical (unpaired) electrons. The van der Waals surface area contributed by atoms with E-state index in [9.17, 15) is 0 Å². The lowest BCUT2D eigenvalue weighted by Crippen LogP contribution is -1.98. The van der Waals surface area contributed by atoms with Crippen LogP contribution in [-0.4, -0.2) is 9.61 Å². The molecule has 0 atom stereocenters. The van der Waals surface area contributed by atoms with Crippen molar-refractivity contribution in [1.29, 1.82) is 0 Å². The Morgan fingerprint density at radius 2 is 1.85 bits per heavy atom. The van der Waals surface area contributed by atoms with E-state index in [4.69, 9.17) is 28.9 Å². The summed E-state index contributed by atoms with van der Waals surface area (Å²) in [6, 6.07) is 9.45. The van der Waals surface area contributed by atoms with Crippen LogP contribution in [0, 0.1) is 13.8 Å². The minimum atomic E-state index is 0.597. The van der Waals surface area contributed by atoms with Gasteiger partial charge in [-0.2, -0.15) is 5.10 Å². The number of nitrogens with two attached hydrogens (primary N) is 1. The highest BCUT2D eigenvalue weighted by Crippen LogP contribution is 2.34. The number of anilines is 1. The number of aryl methyl sites for hydroxylation is 2. The maximum absolute atomic E-state index is 6.33. The third kappa shape index (κ3) is 1.94. The first-order valence-electron chi connectivity index (χ1n) is 6.19. The van der Waals surface area contributed by atoms with Crippen LogP contribution in [0.1, 0.15) is 11.3 Å². The molecule has 3 aromatic rings. The van der Waals surface area contributed by atoms with Gasteiger partial charge >= 0.3 is 0 Å². The molecule has 0 bridgehead atoms. The molecule has 0 aliphatic carbocycles. The van der Waals surface area contributed by atoms with Crippen molar-refractivity contribution in [1.82, 2.24) is 9.61 Å². The van der Waals surface area contributed by atoms with E-state index in [2.05, 4.69) is 5.10 Å². The van der Waals surface area contributed by atoms with Crippen molar-refractivity contribution in [3.63, 3.8) is 0 Å². The molecule has 20 heavy (non-hydrogen) atoms. The van der Waals surface area contributed by atoms with Gasteiger partial charge in [-0.05, 0) is 43.7 Å². The van der Waals surface area contributed by atoms with Crippen LogP contribution in [0.4, 0.5) is 5.69 Å². The first-order valence-corrected chi connectivity index (χ1v) is 6.94. The molecular weight excluding hydrogens is 293 g/mol. The van der Waals surface area contributed by atoms with Gasteiger partial charge in [0.1, 0.15) is 0 Å². The molecule has 0 aliphatic rings. The lowest BCUT2D eigenvalue weighted by Gasteiger charge is -2.11. The molecule has 5 heteroatoms. The zero-order valence-electron chi connectivity index (χ0n) is 11.1. The van der Waals surface area contributed by atoms with Crippen LogP contribution in [0.25, 0.3) is 16.8 Å². The van der Waals surface area contributed by atoms with Crippen molar-refractivity contribution in [3.05, 3.63) is 51.6 Å². The Morgan fingerprint density at radius 3 is 2.55 bits per heavy atom. The Bertz CT molecular complexity index is 822. The van der Waals surface area contributed by atoms with E-state index in [0.29, 0.717) is 15.7 Å². The van der Waals surface area contributed by atoms with Gasteiger partial charge in [-0.15, -0.1) is 0 Å². The van der Waals surface area contributed by atoms with Crippen LogP contribution in [0.2, 0.25) is 10.0 Å². The standard InChI is InChI=1S/C15H13Cl2N3/c1-8-3-6-13-14(18)9(2)19-20(13)15(8)11-5-4-10(16)7-12(11)17/h3-7H,18H2,1-2H3. The molecule has 0 spiro atoms. The van der Waals surface area contributed by atoms with Crippen molar-refractivity contribution in [2.45, 2.75) is 13.8 Å². The number of benzene rings is 1. The largest absolute Gasteiger partial charge is 0.395 e. The second-order valence-electron chi connectivity index (χ2n) is 4.79. The topological polar surface area (TPSA) is 43.3 Å². The summed E-state index contributed by atoms with van der Waals surface area (Å²) < 4.78 is 1.84. The van der Waals surface area contributed by atoms with E-state index < -0.39 is 0 Å². The monoisotopic (exact) mass is 305 g/mol. The molecule has 2 N–H and O–H groups in total. The quantitative estimate of drug-likeness (QED) is 0.719. The fourth-order valence-corrected chi connectivity index (χ4v) is 2.84. The van der Waals surface area contributed by atoms with Crippen molar-refractivity contribution in [2.75, 3.05) is 5.73 Å². The van der Waals surface area contributed by atoms with Gasteiger partial charge < -0.3 is 5.73 Å². The van der Waals surface area contributed by atoms with E-state index in [-0.39, 0.29) is 0 Å². The Morgan fingerprint density at radius 1 is 1.10 bits per heavy atom. The maximum Gasteiger partial charge on any atom is 0.0901 e. The lowest BCUT2D eigenvalue weighted by molar-refractivity contribution is 0.935. The lowest BCUT2D eigenvalue weighted by atomic mass is 10.1. The molecule has 102 valence electrons. The second kappa shape index (κ2) is 4.69. The van der Waals surface area contributed by atoms with Crippen LogP contribution >= 0.6 is 23.2 Å². The average molecular weight is 306 g/mol. The third-order valence-corrected chi connectivity index (χ3v) is 3.95. The number of nitrogen functional groups attached to an aromatic ring is 1. The normalized spacial score (nSPS) is 11.2. The molecular formula is C15H13Cl2N3. The van der Waals surface area contributed by atoms with Gasteiger partial charge in [0, 0.05) is 10.6 Å². The van der Waals surface area contributed by atoms with Gasteiger partial charge in [0.15, 0.2) is 0 Å². The summed E-state index contributed by atoms with van der Waals surface area (Å²) in [4.78, 5) is 0. The van der Waals surface area contributed by atoms with Crippen LogP contribution in [0.5, 0.6) is 0 Å². The van der Waals surface area contributed by atoms with Crippen molar-refractivity contribution < 1.29 is 0 Å². The molecule has 3 rings (SSSR count). The molecule has 1 aromatic carbocycles. The Balaban J connectivity index is 2.40. The summed E-state index contributed by atoms with van der Waals surface area (Å²) in [6.07, 6.45) is 0. The van der Waals surface area contributed by atoms with Gasteiger partial charge in [0.05, 0.1) is 27.6 Å². The predicted molar refractivity (Wildman–Crippen MR) is 84.5 cm³/mol. The molecule has 3 nitrogen and oxygen atoms in total. The maximum atomic E-state index is 6.33. The molecule has 0 amide bonds. The number of rotatable bonds is 1. The minimum Gasteiger partial charge on any atom is -0.395 e. The van der Waals surface area contributed by atoms with Crippen LogP contribution < -0.4 is 5.73 Å². The van der Waals surface area contributed by atoms with Crippen molar-refractivity contribution in [2.24, 2.45) is 0 Å². The number of fused-ring (bicyclic) bond motifs is 1. The van der Waals surface area contributed by atoms with Gasteiger partial charge in [0.2, 0.25) is 0 Å². The number of hydrogen-bond donors (Lipinski definition) is 1. The van der Waals surface area contributed by atoms with Crippen molar-refractivity contribution >= 4 is 34.4 Å². The van der Waals surface area contributed by atoms with Gasteiger partial charge in [-0.1, -0.05) is 29.3 Å². The Kier molecular flexibility index (Phi) is 3.11. The molecule has 0 unspecified atom stereocenters. The second-order valence-corrected chi connectivity index (χ2v) is 5.63. The highest BCUT2D eigenvalue weighted by atomic mass is 35.5. The third-order valence-electron chi connectivity index (χ3n) is 3.41. The van der Waals surface area contributed by atoms with E-state index >= 15 is 0 Å². The average Bonchev–Trinajstić information content (AvgIpc) is 2.67. The highest BCUT2D eigenvalue weighted by molar-refractivity contribution is 6.36. The Labute approximate surface area is 126 Å². The first kappa shape index (κ1) is 13.3. The van der Waals surface area contributed by atoms with Crippen LogP contribution in [0.15, 0.2) is 30.3 Å². The highest BCUT2D eigenvalue weighted by Gasteiger charge is 2.15. The van der Waals surface area contributed by atoms with E-state index in [1.165, 1.54) is 0 Å². The summed E-state index contributed by atoms with van der Waals surface area (Å²) in [5.74, 6) is 0. The van der Waals surface area contributed by atoms with Gasteiger partial charge in [-0.25, -0.2) is 4.52 Å². The number of nitrogens with zero attached hydrogens (tertiary/aromatic N) is 2. The molecule has 2 aromatic heterocycles. The number of pyridine rings is 1. The summed E-state index contributed by atoms with van der Waals surface area (Å²) in [6.45, 7) is 3.91. The summed E-state index contributed by atoms with van der Waals surface area (Å²) in [7, 11) is 0. The Hall–Kier alpha value is -1.71. The van der Waals surface area contributed by atoms with E-state index in [1.807, 2.05) is 42.6 Å². The summed E-state index contributed by atoms with van der Waals surface area (Å²) >= 11 is 12.3. The predicted octanol–water partition coefficient (Wildman–Crippen LogP) is 4.51. The number of aromatic nitrogens is 2. The number of halogens is 2. The molecule has 0 aliphatic heterocycles. The zero-order valence-corrected chi connectivity index (χ0v) is 12.6. The fraction of sp³-hybridized carbons (Fsp3) is 0.133. The molecule has 0 saturated carbocycles. The fourth-order valence-electron chi connectivity index (χ4n) is 2.35. The van der Waals surface area contributed by atoms with Crippen LogP contribution in [-0.2, 0) is 0 Å². The van der Waals surface area contributed by atoms with Crippen molar-refractivity contribution in [3.8, 4) is 11.3 Å². The van der Waals surface area contributed by atoms with E-state index in [0.717, 1.165) is 28.0 Å². The van der Waals surface area contributed by atoms with Crippen LogP contribution in [0.3, 0.4) is 0 Å². The number of hydrogen-bond acceptors (Lipinski definition) is 2. The summed E-state index contributed by atoms with van der Waals surface area (Å²) in [5.41, 5.74) is 11.3. The SMILES string of the molecule is Cc1ccc2c(N)c(C)nn2c1-c1ccc(Cl)cc1Cl. The smallest absolute Gasteiger partial charge is 0.0901 e. The van der Waals surface area contributed by atoms with E-state index in [1.54, 1.807) is 6.07 Å². The minimum absolute atomic E-state index is 0.597. The summed E-state index contributed by atoms with van der Waals surface area (Å²) in [5, 5.41) is 5.72. The molecule has 0 saturated heterocycles. The molecule has 0 fully saturated rings. The van der Waals surface area contributed by atoms with Gasteiger partial charge in [0.25, 0.3) is 0 Å². The molecule has 2 heterocycles.